The number of benzene rings is 1. The maximum atomic E-state index is 9.71. The van der Waals surface area contributed by atoms with Crippen molar-refractivity contribution in [2.75, 3.05) is 6.54 Å². The van der Waals surface area contributed by atoms with Crippen molar-refractivity contribution in [2.45, 2.75) is 24.7 Å². The van der Waals surface area contributed by atoms with Crippen LogP contribution in [0.5, 0.6) is 11.5 Å². The van der Waals surface area contributed by atoms with Crippen LogP contribution < -0.4 is 5.73 Å². The lowest BCUT2D eigenvalue weighted by atomic mass is 9.64. The second-order valence-electron chi connectivity index (χ2n) is 4.01. The van der Waals surface area contributed by atoms with Crippen LogP contribution in [-0.2, 0) is 5.41 Å². The molecule has 2 rings (SSSR count). The predicted octanol–water partition coefficient (Wildman–Crippen LogP) is 1.48. The Labute approximate surface area is 83.2 Å². The molecule has 3 nitrogen and oxygen atoms in total. The highest BCUT2D eigenvalue weighted by Crippen LogP contribution is 2.49. The van der Waals surface area contributed by atoms with Gasteiger partial charge in [-0.3, -0.25) is 0 Å². The number of aromatic hydroxyl groups is 2. The van der Waals surface area contributed by atoms with E-state index in [9.17, 15) is 10.2 Å². The van der Waals surface area contributed by atoms with Gasteiger partial charge in [0.2, 0.25) is 0 Å². The third-order valence-electron chi connectivity index (χ3n) is 3.25. The van der Waals surface area contributed by atoms with Crippen molar-refractivity contribution in [3.05, 3.63) is 23.8 Å². The lowest BCUT2D eigenvalue weighted by molar-refractivity contribution is 0.237. The summed E-state index contributed by atoms with van der Waals surface area (Å²) in [6, 6.07) is 4.84. The lowest BCUT2D eigenvalue weighted by Crippen LogP contribution is -2.41. The van der Waals surface area contributed by atoms with Crippen LogP contribution in [-0.4, -0.2) is 16.8 Å². The molecule has 1 saturated carbocycles. The van der Waals surface area contributed by atoms with E-state index < -0.39 is 0 Å². The molecule has 0 saturated heterocycles. The molecule has 4 N–H and O–H groups in total. The Morgan fingerprint density at radius 2 is 1.79 bits per heavy atom. The fourth-order valence-corrected chi connectivity index (χ4v) is 2.23. The van der Waals surface area contributed by atoms with Crippen molar-refractivity contribution in [1.82, 2.24) is 0 Å². The first-order valence-corrected chi connectivity index (χ1v) is 4.91. The van der Waals surface area contributed by atoms with Gasteiger partial charge in [-0.25, -0.2) is 0 Å². The first-order valence-electron chi connectivity index (χ1n) is 4.91. The predicted molar refractivity (Wildman–Crippen MR) is 54.4 cm³/mol. The average Bonchev–Trinajstić information content (AvgIpc) is 2.08. The molecule has 0 atom stereocenters. The van der Waals surface area contributed by atoms with Crippen LogP contribution in [0.2, 0.25) is 0 Å². The van der Waals surface area contributed by atoms with Crippen LogP contribution in [0.15, 0.2) is 18.2 Å². The quantitative estimate of drug-likeness (QED) is 0.666. The standard InChI is InChI=1S/C11H15NO2/c12-7-11(5-2-6-11)10-8(13)3-1-4-9(10)14/h1,3-4,13-14H,2,5-7,12H2. The highest BCUT2D eigenvalue weighted by Gasteiger charge is 2.41. The number of nitrogens with two attached hydrogens (primary N) is 1. The third-order valence-corrected chi connectivity index (χ3v) is 3.25. The normalized spacial score (nSPS) is 18.9. The summed E-state index contributed by atoms with van der Waals surface area (Å²) in [6.07, 6.45) is 3.02. The molecule has 1 aromatic rings. The van der Waals surface area contributed by atoms with Crippen molar-refractivity contribution < 1.29 is 10.2 Å². The first-order chi connectivity index (χ1) is 6.69. The Morgan fingerprint density at radius 3 is 2.14 bits per heavy atom. The molecule has 3 heteroatoms. The third kappa shape index (κ3) is 1.16. The van der Waals surface area contributed by atoms with Crippen molar-refractivity contribution >= 4 is 0 Å². The molecule has 0 unspecified atom stereocenters. The molecule has 0 heterocycles. The van der Waals surface area contributed by atoms with Crippen molar-refractivity contribution in [2.24, 2.45) is 5.73 Å². The Morgan fingerprint density at radius 1 is 1.21 bits per heavy atom. The zero-order valence-corrected chi connectivity index (χ0v) is 8.03. The number of hydrogen-bond donors (Lipinski definition) is 3. The summed E-state index contributed by atoms with van der Waals surface area (Å²) in [5.74, 6) is 0.324. The van der Waals surface area contributed by atoms with Crippen molar-refractivity contribution in [1.29, 1.82) is 0 Å². The molecule has 1 aromatic carbocycles. The molecular formula is C11H15NO2. The van der Waals surface area contributed by atoms with Gasteiger partial charge in [-0.2, -0.15) is 0 Å². The number of hydrogen-bond acceptors (Lipinski definition) is 3. The zero-order valence-electron chi connectivity index (χ0n) is 8.03. The topological polar surface area (TPSA) is 66.5 Å². The fraction of sp³-hybridized carbons (Fsp3) is 0.455. The van der Waals surface area contributed by atoms with Crippen LogP contribution in [0.25, 0.3) is 0 Å². The summed E-state index contributed by atoms with van der Waals surface area (Å²) >= 11 is 0. The van der Waals surface area contributed by atoms with E-state index in [4.69, 9.17) is 5.73 Å². The largest absolute Gasteiger partial charge is 0.508 e. The van der Waals surface area contributed by atoms with Crippen LogP contribution in [0.3, 0.4) is 0 Å². The molecule has 1 aliphatic carbocycles. The van der Waals surface area contributed by atoms with Crippen LogP contribution in [0.1, 0.15) is 24.8 Å². The number of phenols is 2. The summed E-state index contributed by atoms with van der Waals surface area (Å²) < 4.78 is 0. The van der Waals surface area contributed by atoms with Gasteiger partial charge in [-0.05, 0) is 25.0 Å². The fourth-order valence-electron chi connectivity index (χ4n) is 2.23. The lowest BCUT2D eigenvalue weighted by Gasteiger charge is -2.41. The summed E-state index contributed by atoms with van der Waals surface area (Å²) in [4.78, 5) is 0. The SMILES string of the molecule is NCC1(c2c(O)cccc2O)CCC1. The van der Waals surface area contributed by atoms with Gasteiger partial charge in [0.25, 0.3) is 0 Å². The first kappa shape index (κ1) is 9.34. The van der Waals surface area contributed by atoms with E-state index in [2.05, 4.69) is 0 Å². The second-order valence-corrected chi connectivity index (χ2v) is 4.01. The highest BCUT2D eigenvalue weighted by molar-refractivity contribution is 5.49. The minimum Gasteiger partial charge on any atom is -0.508 e. The summed E-state index contributed by atoms with van der Waals surface area (Å²) in [7, 11) is 0. The molecule has 0 spiro atoms. The van der Waals surface area contributed by atoms with Gasteiger partial charge in [-0.1, -0.05) is 12.5 Å². The minimum atomic E-state index is -0.185. The van der Waals surface area contributed by atoms with E-state index in [-0.39, 0.29) is 16.9 Å². The van der Waals surface area contributed by atoms with Crippen LogP contribution >= 0.6 is 0 Å². The molecule has 0 aliphatic heterocycles. The van der Waals surface area contributed by atoms with Gasteiger partial charge in [0, 0.05) is 17.5 Å². The molecule has 0 bridgehead atoms. The Bertz CT molecular complexity index is 319. The van der Waals surface area contributed by atoms with Crippen molar-refractivity contribution in [3.8, 4) is 11.5 Å². The second kappa shape index (κ2) is 3.17. The number of phenolic OH excluding ortho intramolecular Hbond substituents is 2. The summed E-state index contributed by atoms with van der Waals surface area (Å²) in [5, 5.41) is 19.4. The van der Waals surface area contributed by atoms with E-state index >= 15 is 0 Å². The van der Waals surface area contributed by atoms with Crippen LogP contribution in [0, 0.1) is 0 Å². The van der Waals surface area contributed by atoms with E-state index in [1.165, 1.54) is 0 Å². The maximum absolute atomic E-state index is 9.71. The maximum Gasteiger partial charge on any atom is 0.123 e. The number of rotatable bonds is 2. The Balaban J connectivity index is 2.49. The van der Waals surface area contributed by atoms with E-state index in [0.29, 0.717) is 12.1 Å². The van der Waals surface area contributed by atoms with E-state index in [0.717, 1.165) is 19.3 Å². The monoisotopic (exact) mass is 193 g/mol. The van der Waals surface area contributed by atoms with Gasteiger partial charge in [0.15, 0.2) is 0 Å². The molecule has 0 amide bonds. The van der Waals surface area contributed by atoms with E-state index in [1.54, 1.807) is 18.2 Å². The van der Waals surface area contributed by atoms with Gasteiger partial charge in [0.1, 0.15) is 11.5 Å². The molecule has 0 aromatic heterocycles. The van der Waals surface area contributed by atoms with Gasteiger partial charge < -0.3 is 15.9 Å². The molecule has 1 fully saturated rings. The molecule has 0 radical (unpaired) electrons. The van der Waals surface area contributed by atoms with Crippen molar-refractivity contribution in [3.63, 3.8) is 0 Å². The zero-order chi connectivity index (χ0) is 10.2. The minimum absolute atomic E-state index is 0.162. The van der Waals surface area contributed by atoms with Gasteiger partial charge in [0.05, 0.1) is 0 Å². The Hall–Kier alpha value is -1.22. The highest BCUT2D eigenvalue weighted by atomic mass is 16.3. The van der Waals surface area contributed by atoms with Gasteiger partial charge in [-0.15, -0.1) is 0 Å². The van der Waals surface area contributed by atoms with Gasteiger partial charge >= 0.3 is 0 Å². The summed E-state index contributed by atoms with van der Waals surface area (Å²) in [6.45, 7) is 0.484. The van der Waals surface area contributed by atoms with Crippen LogP contribution in [0.4, 0.5) is 0 Å². The molecule has 14 heavy (non-hydrogen) atoms. The molecule has 76 valence electrons. The molecule has 1 aliphatic rings. The summed E-state index contributed by atoms with van der Waals surface area (Å²) in [5.41, 5.74) is 6.16. The average molecular weight is 193 g/mol. The smallest absolute Gasteiger partial charge is 0.123 e. The molecular weight excluding hydrogens is 178 g/mol. The Kier molecular flexibility index (Phi) is 2.11. The van der Waals surface area contributed by atoms with E-state index in [1.807, 2.05) is 0 Å².